The highest BCUT2D eigenvalue weighted by Crippen LogP contribution is 2.12. The molecule has 0 aliphatic rings. The van der Waals surface area contributed by atoms with Crippen LogP contribution in [0.5, 0.6) is 0 Å². The summed E-state index contributed by atoms with van der Waals surface area (Å²) in [6.45, 7) is 2.27. The van der Waals surface area contributed by atoms with Crippen LogP contribution in [0.1, 0.15) is 70.5 Å². The molecule has 0 amide bonds. The van der Waals surface area contributed by atoms with E-state index in [1.807, 2.05) is 12.1 Å². The molecule has 2 aromatic rings. The molecule has 3 heteroatoms. The van der Waals surface area contributed by atoms with Gasteiger partial charge < -0.3 is 4.98 Å². The number of imidazole rings is 1. The highest BCUT2D eigenvalue weighted by molar-refractivity contribution is 5.69. The van der Waals surface area contributed by atoms with Gasteiger partial charge in [-0.1, -0.05) is 58.3 Å². The molecule has 0 aliphatic heterocycles. The Balaban J connectivity index is 1.55. The van der Waals surface area contributed by atoms with Crippen molar-refractivity contribution in [2.45, 2.75) is 71.1 Å². The van der Waals surface area contributed by atoms with E-state index in [9.17, 15) is 0 Å². The topological polar surface area (TPSA) is 41.6 Å². The highest BCUT2D eigenvalue weighted by atomic mass is 15.0. The van der Waals surface area contributed by atoms with Crippen molar-refractivity contribution in [3.63, 3.8) is 0 Å². The van der Waals surface area contributed by atoms with Gasteiger partial charge in [0.1, 0.15) is 5.82 Å². The highest BCUT2D eigenvalue weighted by Gasteiger charge is 2.02. The summed E-state index contributed by atoms with van der Waals surface area (Å²) in [4.78, 5) is 12.1. The first-order valence-corrected chi connectivity index (χ1v) is 8.20. The van der Waals surface area contributed by atoms with Crippen LogP contribution in [0.2, 0.25) is 0 Å². The number of aryl methyl sites for hydroxylation is 1. The minimum absolute atomic E-state index is 0.846. The van der Waals surface area contributed by atoms with Crippen LogP contribution in [0.3, 0.4) is 0 Å². The number of unbranched alkanes of at least 4 members (excludes halogenated alkanes) is 8. The third-order valence-corrected chi connectivity index (χ3v) is 3.82. The van der Waals surface area contributed by atoms with Crippen LogP contribution in [0.25, 0.3) is 11.2 Å². The molecule has 110 valence electrons. The second-order valence-corrected chi connectivity index (χ2v) is 5.64. The van der Waals surface area contributed by atoms with E-state index in [0.717, 1.165) is 23.4 Å². The maximum Gasteiger partial charge on any atom is 0.177 e. The molecule has 0 saturated carbocycles. The molecule has 0 fully saturated rings. The van der Waals surface area contributed by atoms with Gasteiger partial charge in [0.25, 0.3) is 0 Å². The number of nitrogens with one attached hydrogen (secondary N) is 1. The van der Waals surface area contributed by atoms with Gasteiger partial charge >= 0.3 is 0 Å². The third-order valence-electron chi connectivity index (χ3n) is 3.82. The Morgan fingerprint density at radius 1 is 0.950 bits per heavy atom. The Morgan fingerprint density at radius 2 is 1.65 bits per heavy atom. The van der Waals surface area contributed by atoms with Gasteiger partial charge in [0.2, 0.25) is 0 Å². The first-order chi connectivity index (χ1) is 9.90. The molecule has 20 heavy (non-hydrogen) atoms. The third kappa shape index (κ3) is 4.95. The molecular formula is C17H27N3. The predicted molar refractivity (Wildman–Crippen MR) is 84.8 cm³/mol. The molecule has 0 radical (unpaired) electrons. The van der Waals surface area contributed by atoms with Gasteiger partial charge in [0.05, 0.1) is 5.52 Å². The molecule has 0 saturated heterocycles. The van der Waals surface area contributed by atoms with Gasteiger partial charge in [-0.05, 0) is 18.6 Å². The largest absolute Gasteiger partial charge is 0.341 e. The summed E-state index contributed by atoms with van der Waals surface area (Å²) < 4.78 is 0. The Morgan fingerprint density at radius 3 is 2.35 bits per heavy atom. The molecule has 2 aromatic heterocycles. The molecule has 2 heterocycles. The summed E-state index contributed by atoms with van der Waals surface area (Å²) in [6.07, 6.45) is 15.1. The number of rotatable bonds is 10. The van der Waals surface area contributed by atoms with Crippen molar-refractivity contribution in [2.24, 2.45) is 0 Å². The molecule has 3 nitrogen and oxygen atoms in total. The zero-order valence-corrected chi connectivity index (χ0v) is 12.7. The Bertz CT molecular complexity index is 457. The summed E-state index contributed by atoms with van der Waals surface area (Å²) in [5, 5.41) is 0. The molecule has 0 aromatic carbocycles. The van der Waals surface area contributed by atoms with Gasteiger partial charge in [-0.25, -0.2) is 9.97 Å². The van der Waals surface area contributed by atoms with Crippen molar-refractivity contribution in [1.29, 1.82) is 0 Å². The van der Waals surface area contributed by atoms with Crippen molar-refractivity contribution in [2.75, 3.05) is 0 Å². The summed E-state index contributed by atoms with van der Waals surface area (Å²) in [5.41, 5.74) is 1.90. The molecular weight excluding hydrogens is 246 g/mol. The SMILES string of the molecule is CCCCCCCCCCCc1nc2ncccc2[nH]1. The lowest BCUT2D eigenvalue weighted by atomic mass is 10.1. The van der Waals surface area contributed by atoms with E-state index in [2.05, 4.69) is 21.9 Å². The maximum atomic E-state index is 4.51. The summed E-state index contributed by atoms with van der Waals surface area (Å²) in [6, 6.07) is 3.98. The number of fused-ring (bicyclic) bond motifs is 1. The lowest BCUT2D eigenvalue weighted by Gasteiger charge is -2.01. The van der Waals surface area contributed by atoms with E-state index < -0.39 is 0 Å². The minimum Gasteiger partial charge on any atom is -0.341 e. The van der Waals surface area contributed by atoms with Gasteiger partial charge in [-0.3, -0.25) is 0 Å². The van der Waals surface area contributed by atoms with Crippen LogP contribution in [0, 0.1) is 0 Å². The quantitative estimate of drug-likeness (QED) is 0.617. The van der Waals surface area contributed by atoms with Crippen molar-refractivity contribution in [3.05, 3.63) is 24.2 Å². The van der Waals surface area contributed by atoms with Gasteiger partial charge in [0, 0.05) is 12.6 Å². The summed E-state index contributed by atoms with van der Waals surface area (Å²) in [7, 11) is 0. The van der Waals surface area contributed by atoms with Gasteiger partial charge in [-0.15, -0.1) is 0 Å². The van der Waals surface area contributed by atoms with E-state index >= 15 is 0 Å². The lowest BCUT2D eigenvalue weighted by molar-refractivity contribution is 0.562. The fourth-order valence-electron chi connectivity index (χ4n) is 2.62. The number of H-pyrrole nitrogens is 1. The maximum absolute atomic E-state index is 4.51. The van der Waals surface area contributed by atoms with Crippen LogP contribution in [-0.2, 0) is 6.42 Å². The second-order valence-electron chi connectivity index (χ2n) is 5.64. The van der Waals surface area contributed by atoms with Gasteiger partial charge in [0.15, 0.2) is 5.65 Å². The first-order valence-electron chi connectivity index (χ1n) is 8.20. The minimum atomic E-state index is 0.846. The molecule has 0 aliphatic carbocycles. The number of hydrogen-bond acceptors (Lipinski definition) is 2. The Labute approximate surface area is 122 Å². The monoisotopic (exact) mass is 273 g/mol. The molecule has 2 rings (SSSR count). The van der Waals surface area contributed by atoms with E-state index in [1.165, 1.54) is 57.8 Å². The van der Waals surface area contributed by atoms with Crippen molar-refractivity contribution in [1.82, 2.24) is 15.0 Å². The van der Waals surface area contributed by atoms with Crippen molar-refractivity contribution < 1.29 is 0 Å². The number of hydrogen-bond donors (Lipinski definition) is 1. The zero-order chi connectivity index (χ0) is 14.0. The normalized spacial score (nSPS) is 11.2. The first kappa shape index (κ1) is 15.0. The zero-order valence-electron chi connectivity index (χ0n) is 12.7. The van der Waals surface area contributed by atoms with E-state index in [1.54, 1.807) is 6.20 Å². The van der Waals surface area contributed by atoms with E-state index in [-0.39, 0.29) is 0 Å². The number of aromatic nitrogens is 3. The number of nitrogens with zero attached hydrogens (tertiary/aromatic N) is 2. The van der Waals surface area contributed by atoms with E-state index in [4.69, 9.17) is 0 Å². The number of aromatic amines is 1. The fourth-order valence-corrected chi connectivity index (χ4v) is 2.62. The second kappa shape index (κ2) is 8.72. The molecule has 0 spiro atoms. The van der Waals surface area contributed by atoms with Crippen LogP contribution < -0.4 is 0 Å². The lowest BCUT2D eigenvalue weighted by Crippen LogP contribution is -1.89. The smallest absolute Gasteiger partial charge is 0.177 e. The summed E-state index contributed by atoms with van der Waals surface area (Å²) in [5.74, 6) is 1.08. The Hall–Kier alpha value is -1.38. The fraction of sp³-hybridized carbons (Fsp3) is 0.647. The van der Waals surface area contributed by atoms with Crippen molar-refractivity contribution in [3.8, 4) is 0 Å². The average molecular weight is 273 g/mol. The van der Waals surface area contributed by atoms with Crippen LogP contribution >= 0.6 is 0 Å². The molecule has 0 bridgehead atoms. The molecule has 0 atom stereocenters. The Kier molecular flexibility index (Phi) is 6.55. The van der Waals surface area contributed by atoms with Crippen LogP contribution in [0.15, 0.2) is 18.3 Å². The molecule has 1 N–H and O–H groups in total. The average Bonchev–Trinajstić information content (AvgIpc) is 2.88. The molecule has 0 unspecified atom stereocenters. The van der Waals surface area contributed by atoms with Gasteiger partial charge in [-0.2, -0.15) is 0 Å². The van der Waals surface area contributed by atoms with Crippen molar-refractivity contribution >= 4 is 11.2 Å². The van der Waals surface area contributed by atoms with Crippen LogP contribution in [-0.4, -0.2) is 15.0 Å². The summed E-state index contributed by atoms with van der Waals surface area (Å²) >= 11 is 0. The predicted octanol–water partition coefficient (Wildman–Crippen LogP) is 5.03. The standard InChI is InChI=1S/C17H27N3/c1-2-3-4-5-6-7-8-9-10-13-16-19-15-12-11-14-18-17(15)20-16/h11-12,14H,2-10,13H2,1H3,(H,18,19,20). The van der Waals surface area contributed by atoms with Crippen LogP contribution in [0.4, 0.5) is 0 Å². The van der Waals surface area contributed by atoms with E-state index in [0.29, 0.717) is 0 Å². The number of pyridine rings is 1.